The molecule has 0 fully saturated rings. The second-order valence-electron chi connectivity index (χ2n) is 6.00. The summed E-state index contributed by atoms with van der Waals surface area (Å²) in [5, 5.41) is 10.8. The zero-order valence-corrected chi connectivity index (χ0v) is 15.1. The molecule has 0 saturated carbocycles. The Balaban J connectivity index is 0.00000208. The Morgan fingerprint density at radius 2 is 1.75 bits per heavy atom. The summed E-state index contributed by atoms with van der Waals surface area (Å²) in [6.07, 6.45) is 0.282. The van der Waals surface area contributed by atoms with Crippen molar-refractivity contribution in [2.75, 3.05) is 19.0 Å². The molecule has 4 nitrogen and oxygen atoms in total. The highest BCUT2D eigenvalue weighted by molar-refractivity contribution is 5.85. The van der Waals surface area contributed by atoms with Crippen LogP contribution in [0.4, 0.5) is 5.69 Å². The standard InChI is InChI=1S/C19H23N3O.ClH/c1-4-13-22-17-8-6-5-7-16(17)20-19(22)18(23)14-9-11-15(12-10-14)21(2)3;/h5-12,18,23H,4,13H2,1-3H3;1H. The number of anilines is 1. The van der Waals surface area contributed by atoms with Gasteiger partial charge in [0.05, 0.1) is 11.0 Å². The number of aliphatic hydroxyl groups excluding tert-OH is 1. The van der Waals surface area contributed by atoms with Crippen LogP contribution in [0.3, 0.4) is 0 Å². The van der Waals surface area contributed by atoms with Crippen LogP contribution < -0.4 is 4.90 Å². The maximum Gasteiger partial charge on any atom is 0.143 e. The number of halogens is 1. The minimum Gasteiger partial charge on any atom is -0.380 e. The Bertz CT molecular complexity index is 796. The molecule has 0 spiro atoms. The van der Waals surface area contributed by atoms with Gasteiger partial charge in [0.2, 0.25) is 0 Å². The molecule has 5 heteroatoms. The molecule has 0 radical (unpaired) electrons. The predicted octanol–water partition coefficient (Wildman–Crippen LogP) is 4.02. The molecule has 1 atom stereocenters. The third-order valence-electron chi connectivity index (χ3n) is 4.10. The fourth-order valence-electron chi connectivity index (χ4n) is 2.87. The SMILES string of the molecule is CCCn1c(C(O)c2ccc(N(C)C)cc2)nc2ccccc21.Cl. The van der Waals surface area contributed by atoms with E-state index in [2.05, 4.69) is 22.5 Å². The number of aryl methyl sites for hydroxylation is 1. The van der Waals surface area contributed by atoms with Crippen molar-refractivity contribution in [3.05, 3.63) is 59.9 Å². The van der Waals surface area contributed by atoms with Gasteiger partial charge in [0.1, 0.15) is 11.9 Å². The summed E-state index contributed by atoms with van der Waals surface area (Å²) in [6, 6.07) is 16.0. The average molecular weight is 346 g/mol. The number of aromatic nitrogens is 2. The summed E-state index contributed by atoms with van der Waals surface area (Å²) in [4.78, 5) is 6.71. The van der Waals surface area contributed by atoms with E-state index in [-0.39, 0.29) is 12.4 Å². The summed E-state index contributed by atoms with van der Waals surface area (Å²) in [6.45, 7) is 2.99. The van der Waals surface area contributed by atoms with Crippen LogP contribution >= 0.6 is 12.4 Å². The molecule has 2 aromatic carbocycles. The smallest absolute Gasteiger partial charge is 0.143 e. The molecule has 1 unspecified atom stereocenters. The highest BCUT2D eigenvalue weighted by atomic mass is 35.5. The van der Waals surface area contributed by atoms with E-state index in [0.29, 0.717) is 5.82 Å². The summed E-state index contributed by atoms with van der Waals surface area (Å²) in [7, 11) is 4.01. The van der Waals surface area contributed by atoms with E-state index in [4.69, 9.17) is 0 Å². The van der Waals surface area contributed by atoms with Crippen LogP contribution in [0.15, 0.2) is 48.5 Å². The zero-order chi connectivity index (χ0) is 16.4. The first-order chi connectivity index (χ1) is 11.1. The molecular weight excluding hydrogens is 322 g/mol. The normalized spacial score (nSPS) is 12.0. The minimum atomic E-state index is -0.717. The molecule has 1 heterocycles. The van der Waals surface area contributed by atoms with E-state index in [9.17, 15) is 5.11 Å². The van der Waals surface area contributed by atoms with Crippen molar-refractivity contribution in [3.63, 3.8) is 0 Å². The third kappa shape index (κ3) is 3.40. The molecule has 3 rings (SSSR count). The van der Waals surface area contributed by atoms with Crippen LogP contribution in [0.1, 0.15) is 30.8 Å². The summed E-state index contributed by atoms with van der Waals surface area (Å²) < 4.78 is 2.12. The van der Waals surface area contributed by atoms with E-state index in [1.165, 1.54) is 0 Å². The minimum absolute atomic E-state index is 0. The predicted molar refractivity (Wildman–Crippen MR) is 102 cm³/mol. The van der Waals surface area contributed by atoms with Gasteiger partial charge in [0.25, 0.3) is 0 Å². The largest absolute Gasteiger partial charge is 0.380 e. The van der Waals surface area contributed by atoms with E-state index < -0.39 is 6.10 Å². The first kappa shape index (κ1) is 18.3. The lowest BCUT2D eigenvalue weighted by atomic mass is 10.1. The second kappa shape index (κ2) is 7.69. The molecule has 3 aromatic rings. The van der Waals surface area contributed by atoms with Gasteiger partial charge in [-0.05, 0) is 36.2 Å². The van der Waals surface area contributed by atoms with Gasteiger partial charge in [-0.15, -0.1) is 12.4 Å². The lowest BCUT2D eigenvalue weighted by Gasteiger charge is -2.16. The Morgan fingerprint density at radius 1 is 1.08 bits per heavy atom. The first-order valence-electron chi connectivity index (χ1n) is 8.02. The second-order valence-corrected chi connectivity index (χ2v) is 6.00. The topological polar surface area (TPSA) is 41.3 Å². The van der Waals surface area contributed by atoms with Gasteiger partial charge in [-0.1, -0.05) is 31.2 Å². The lowest BCUT2D eigenvalue weighted by Crippen LogP contribution is -2.11. The molecule has 1 aromatic heterocycles. The van der Waals surface area contributed by atoms with Gasteiger partial charge in [-0.25, -0.2) is 4.98 Å². The van der Waals surface area contributed by atoms with Gasteiger partial charge in [0, 0.05) is 26.3 Å². The number of para-hydroxylation sites is 2. The number of aliphatic hydroxyl groups is 1. The van der Waals surface area contributed by atoms with Crippen molar-refractivity contribution in [2.45, 2.75) is 26.0 Å². The fraction of sp³-hybridized carbons (Fsp3) is 0.316. The molecule has 0 bridgehead atoms. The molecule has 0 aliphatic carbocycles. The number of benzene rings is 2. The van der Waals surface area contributed by atoms with Gasteiger partial charge >= 0.3 is 0 Å². The van der Waals surface area contributed by atoms with Crippen LogP contribution in [0, 0.1) is 0 Å². The number of hydrogen-bond acceptors (Lipinski definition) is 3. The maximum absolute atomic E-state index is 10.8. The highest BCUT2D eigenvalue weighted by Gasteiger charge is 2.19. The summed E-state index contributed by atoms with van der Waals surface area (Å²) in [5.74, 6) is 0.714. The lowest BCUT2D eigenvalue weighted by molar-refractivity contribution is 0.205. The van der Waals surface area contributed by atoms with Crippen molar-refractivity contribution in [1.29, 1.82) is 0 Å². The molecule has 128 valence electrons. The van der Waals surface area contributed by atoms with Crippen LogP contribution in [0.2, 0.25) is 0 Å². The van der Waals surface area contributed by atoms with Crippen molar-refractivity contribution in [3.8, 4) is 0 Å². The first-order valence-corrected chi connectivity index (χ1v) is 8.02. The number of imidazole rings is 1. The van der Waals surface area contributed by atoms with Gasteiger partial charge in [-0.3, -0.25) is 0 Å². The summed E-state index contributed by atoms with van der Waals surface area (Å²) >= 11 is 0. The van der Waals surface area contributed by atoms with E-state index >= 15 is 0 Å². The third-order valence-corrected chi connectivity index (χ3v) is 4.10. The highest BCUT2D eigenvalue weighted by Crippen LogP contribution is 2.27. The van der Waals surface area contributed by atoms with Crippen molar-refractivity contribution in [1.82, 2.24) is 9.55 Å². The number of nitrogens with zero attached hydrogens (tertiary/aromatic N) is 3. The van der Waals surface area contributed by atoms with Gasteiger partial charge < -0.3 is 14.6 Å². The van der Waals surface area contributed by atoms with Crippen molar-refractivity contribution < 1.29 is 5.11 Å². The van der Waals surface area contributed by atoms with Crippen molar-refractivity contribution in [2.24, 2.45) is 0 Å². The van der Waals surface area contributed by atoms with Crippen LogP contribution in [-0.4, -0.2) is 28.8 Å². The van der Waals surface area contributed by atoms with Gasteiger partial charge in [-0.2, -0.15) is 0 Å². The molecule has 0 aliphatic rings. The Labute approximate surface area is 149 Å². The number of hydrogen-bond donors (Lipinski definition) is 1. The Morgan fingerprint density at radius 3 is 2.38 bits per heavy atom. The van der Waals surface area contributed by atoms with E-state index in [1.54, 1.807) is 0 Å². The number of fused-ring (bicyclic) bond motifs is 1. The molecule has 0 amide bonds. The molecule has 0 saturated heterocycles. The van der Waals surface area contributed by atoms with Crippen LogP contribution in [0.5, 0.6) is 0 Å². The molecule has 24 heavy (non-hydrogen) atoms. The van der Waals surface area contributed by atoms with Gasteiger partial charge in [0.15, 0.2) is 0 Å². The zero-order valence-electron chi connectivity index (χ0n) is 14.3. The number of rotatable bonds is 5. The summed E-state index contributed by atoms with van der Waals surface area (Å²) in [5.41, 5.74) is 3.99. The van der Waals surface area contributed by atoms with E-state index in [0.717, 1.165) is 35.2 Å². The quantitative estimate of drug-likeness (QED) is 0.759. The Hall–Kier alpha value is -2.04. The van der Waals surface area contributed by atoms with E-state index in [1.807, 2.05) is 61.5 Å². The Kier molecular flexibility index (Phi) is 5.86. The van der Waals surface area contributed by atoms with Crippen LogP contribution in [0.25, 0.3) is 11.0 Å². The molecule has 0 aliphatic heterocycles. The molecule has 1 N–H and O–H groups in total. The molecular formula is C19H24ClN3O. The maximum atomic E-state index is 10.8. The fourth-order valence-corrected chi connectivity index (χ4v) is 2.87. The average Bonchev–Trinajstić information content (AvgIpc) is 2.93. The van der Waals surface area contributed by atoms with Crippen molar-refractivity contribution >= 4 is 29.1 Å². The van der Waals surface area contributed by atoms with Crippen LogP contribution in [-0.2, 0) is 6.54 Å². The monoisotopic (exact) mass is 345 g/mol.